The van der Waals surface area contributed by atoms with Crippen LogP contribution in [0.5, 0.6) is 11.5 Å². The number of hydrogen-bond acceptors (Lipinski definition) is 4. The Morgan fingerprint density at radius 2 is 1.69 bits per heavy atom. The summed E-state index contributed by atoms with van der Waals surface area (Å²) < 4.78 is 11.4. The summed E-state index contributed by atoms with van der Waals surface area (Å²) in [5, 5.41) is 2.80. The Kier molecular flexibility index (Phi) is 6.81. The molecule has 0 unspecified atom stereocenters. The van der Waals surface area contributed by atoms with E-state index in [0.717, 1.165) is 10.0 Å². The number of hydrogen-bond donors (Lipinski definition) is 1. The number of rotatable bonds is 6. The van der Waals surface area contributed by atoms with Gasteiger partial charge in [0.15, 0.2) is 0 Å². The van der Waals surface area contributed by atoms with E-state index >= 15 is 0 Å². The highest BCUT2D eigenvalue weighted by Crippen LogP contribution is 2.24. The van der Waals surface area contributed by atoms with Crippen LogP contribution in [0.2, 0.25) is 0 Å². The van der Waals surface area contributed by atoms with Gasteiger partial charge in [-0.25, -0.2) is 4.79 Å². The summed E-state index contributed by atoms with van der Waals surface area (Å²) in [5.74, 6) is 0.215. The van der Waals surface area contributed by atoms with E-state index in [0.29, 0.717) is 22.7 Å². The summed E-state index contributed by atoms with van der Waals surface area (Å²) in [5.41, 5.74) is 1.91. The molecule has 0 aliphatic carbocycles. The Hall–Kier alpha value is -3.38. The molecule has 6 heteroatoms. The fourth-order valence-corrected chi connectivity index (χ4v) is 2.92. The average molecular weight is 452 g/mol. The van der Waals surface area contributed by atoms with Crippen molar-refractivity contribution in [3.63, 3.8) is 0 Å². The third-order valence-electron chi connectivity index (χ3n) is 3.96. The van der Waals surface area contributed by atoms with Gasteiger partial charge in [-0.05, 0) is 60.7 Å². The van der Waals surface area contributed by atoms with E-state index in [1.807, 2.05) is 30.3 Å². The molecule has 29 heavy (non-hydrogen) atoms. The lowest BCUT2D eigenvalue weighted by Crippen LogP contribution is -2.11. The van der Waals surface area contributed by atoms with Gasteiger partial charge in [-0.2, -0.15) is 0 Å². The number of benzene rings is 3. The van der Waals surface area contributed by atoms with E-state index in [2.05, 4.69) is 21.2 Å². The van der Waals surface area contributed by atoms with Gasteiger partial charge < -0.3 is 14.8 Å². The summed E-state index contributed by atoms with van der Waals surface area (Å²) >= 11 is 3.39. The highest BCUT2D eigenvalue weighted by atomic mass is 79.9. The van der Waals surface area contributed by atoms with Crippen molar-refractivity contribution in [1.82, 2.24) is 0 Å². The van der Waals surface area contributed by atoms with Crippen molar-refractivity contribution >= 4 is 39.6 Å². The van der Waals surface area contributed by atoms with Crippen LogP contribution in [0.15, 0.2) is 83.3 Å². The quantitative estimate of drug-likeness (QED) is 0.312. The van der Waals surface area contributed by atoms with E-state index < -0.39 is 5.97 Å². The first-order chi connectivity index (χ1) is 14.0. The van der Waals surface area contributed by atoms with Gasteiger partial charge in [-0.1, -0.05) is 34.1 Å². The molecule has 0 spiro atoms. The maximum Gasteiger partial charge on any atom is 0.336 e. The van der Waals surface area contributed by atoms with E-state index in [-0.39, 0.29) is 5.91 Å². The van der Waals surface area contributed by atoms with Crippen LogP contribution < -0.4 is 14.8 Å². The lowest BCUT2D eigenvalue weighted by Gasteiger charge is -2.06. The number of para-hydroxylation sites is 1. The molecule has 0 aliphatic rings. The van der Waals surface area contributed by atoms with Crippen molar-refractivity contribution in [2.45, 2.75) is 0 Å². The van der Waals surface area contributed by atoms with Gasteiger partial charge in [0, 0.05) is 27.4 Å². The summed E-state index contributed by atoms with van der Waals surface area (Å²) in [6.45, 7) is 0. The molecule has 0 saturated carbocycles. The maximum atomic E-state index is 12.2. The molecule has 3 aromatic rings. The SMILES string of the molecule is COc1ccc(Br)cc1/C=C/C(=O)Oc1ccc(C(=O)Nc2ccccc2)cc1. The van der Waals surface area contributed by atoms with Crippen LogP contribution in [0.3, 0.4) is 0 Å². The highest BCUT2D eigenvalue weighted by Gasteiger charge is 2.08. The Balaban J connectivity index is 1.61. The van der Waals surface area contributed by atoms with Gasteiger partial charge >= 0.3 is 5.97 Å². The first-order valence-electron chi connectivity index (χ1n) is 8.75. The Bertz CT molecular complexity index is 1030. The molecule has 0 fully saturated rings. The number of ether oxygens (including phenoxy) is 2. The van der Waals surface area contributed by atoms with Crippen LogP contribution in [0.1, 0.15) is 15.9 Å². The topological polar surface area (TPSA) is 64.6 Å². The second-order valence-electron chi connectivity index (χ2n) is 5.99. The zero-order valence-corrected chi connectivity index (χ0v) is 17.2. The largest absolute Gasteiger partial charge is 0.496 e. The van der Waals surface area contributed by atoms with Crippen LogP contribution >= 0.6 is 15.9 Å². The predicted molar refractivity (Wildman–Crippen MR) is 116 cm³/mol. The van der Waals surface area contributed by atoms with Crippen molar-refractivity contribution in [1.29, 1.82) is 0 Å². The molecule has 0 radical (unpaired) electrons. The lowest BCUT2D eigenvalue weighted by molar-refractivity contribution is -0.128. The maximum absolute atomic E-state index is 12.2. The standard InChI is InChI=1S/C23H18BrNO4/c1-28-21-13-10-18(24)15-17(21)9-14-22(26)29-20-11-7-16(8-12-20)23(27)25-19-5-3-2-4-6-19/h2-15H,1H3,(H,25,27)/b14-9+. The second kappa shape index (κ2) is 9.71. The van der Waals surface area contributed by atoms with E-state index in [1.54, 1.807) is 55.7 Å². The summed E-state index contributed by atoms with van der Waals surface area (Å²) in [4.78, 5) is 24.3. The molecule has 0 aliphatic heterocycles. The van der Waals surface area contributed by atoms with Gasteiger partial charge in [0.05, 0.1) is 7.11 Å². The monoisotopic (exact) mass is 451 g/mol. The highest BCUT2D eigenvalue weighted by molar-refractivity contribution is 9.10. The van der Waals surface area contributed by atoms with E-state index in [1.165, 1.54) is 6.08 Å². The first-order valence-corrected chi connectivity index (χ1v) is 9.54. The number of anilines is 1. The molecular weight excluding hydrogens is 434 g/mol. The van der Waals surface area contributed by atoms with E-state index in [4.69, 9.17) is 9.47 Å². The number of carbonyl (C=O) groups excluding carboxylic acids is 2. The minimum atomic E-state index is -0.534. The summed E-state index contributed by atoms with van der Waals surface area (Å²) in [6.07, 6.45) is 2.94. The molecule has 1 amide bonds. The van der Waals surface area contributed by atoms with Gasteiger partial charge in [-0.15, -0.1) is 0 Å². The number of methoxy groups -OCH3 is 1. The minimum absolute atomic E-state index is 0.240. The number of carbonyl (C=O) groups is 2. The molecule has 1 N–H and O–H groups in total. The summed E-state index contributed by atoms with van der Waals surface area (Å²) in [6, 6.07) is 21.0. The zero-order valence-electron chi connectivity index (χ0n) is 15.6. The summed E-state index contributed by atoms with van der Waals surface area (Å²) in [7, 11) is 1.56. The lowest BCUT2D eigenvalue weighted by atomic mass is 10.2. The van der Waals surface area contributed by atoms with Gasteiger partial charge in [0.2, 0.25) is 0 Å². The third kappa shape index (κ3) is 5.80. The predicted octanol–water partition coefficient (Wildman–Crippen LogP) is 5.33. The Morgan fingerprint density at radius 1 is 0.966 bits per heavy atom. The van der Waals surface area contributed by atoms with Crippen LogP contribution in [0, 0.1) is 0 Å². The molecule has 0 aromatic heterocycles. The average Bonchev–Trinajstić information content (AvgIpc) is 2.73. The number of esters is 1. The van der Waals surface area contributed by atoms with Crippen LogP contribution in [-0.2, 0) is 4.79 Å². The van der Waals surface area contributed by atoms with Crippen molar-refractivity contribution in [3.8, 4) is 11.5 Å². The molecule has 0 saturated heterocycles. The second-order valence-corrected chi connectivity index (χ2v) is 6.90. The fraction of sp³-hybridized carbons (Fsp3) is 0.0435. The number of amides is 1. The molecular formula is C23H18BrNO4. The van der Waals surface area contributed by atoms with Crippen LogP contribution in [-0.4, -0.2) is 19.0 Å². The minimum Gasteiger partial charge on any atom is -0.496 e. The number of halogens is 1. The molecule has 0 atom stereocenters. The van der Waals surface area contributed by atoms with Crippen molar-refractivity contribution in [3.05, 3.63) is 94.5 Å². The van der Waals surface area contributed by atoms with Crippen LogP contribution in [0.4, 0.5) is 5.69 Å². The fourth-order valence-electron chi connectivity index (χ4n) is 2.54. The molecule has 3 aromatic carbocycles. The van der Waals surface area contributed by atoms with Gasteiger partial charge in [-0.3, -0.25) is 4.79 Å². The van der Waals surface area contributed by atoms with Crippen molar-refractivity contribution in [2.75, 3.05) is 12.4 Å². The molecule has 0 bridgehead atoms. The molecule has 3 rings (SSSR count). The van der Waals surface area contributed by atoms with Crippen LogP contribution in [0.25, 0.3) is 6.08 Å². The smallest absolute Gasteiger partial charge is 0.336 e. The first kappa shape index (κ1) is 20.4. The Labute approximate surface area is 177 Å². The van der Waals surface area contributed by atoms with Gasteiger partial charge in [0.25, 0.3) is 5.91 Å². The zero-order chi connectivity index (χ0) is 20.6. The normalized spacial score (nSPS) is 10.6. The molecule has 146 valence electrons. The van der Waals surface area contributed by atoms with Crippen molar-refractivity contribution < 1.29 is 19.1 Å². The van der Waals surface area contributed by atoms with Gasteiger partial charge in [0.1, 0.15) is 11.5 Å². The number of nitrogens with one attached hydrogen (secondary N) is 1. The third-order valence-corrected chi connectivity index (χ3v) is 4.45. The Morgan fingerprint density at radius 3 is 2.38 bits per heavy atom. The van der Waals surface area contributed by atoms with E-state index in [9.17, 15) is 9.59 Å². The molecule has 0 heterocycles. The molecule has 5 nitrogen and oxygen atoms in total. The van der Waals surface area contributed by atoms with Crippen molar-refractivity contribution in [2.24, 2.45) is 0 Å².